The normalized spacial score (nSPS) is 17.1. The standard InChI is InChI=1S/C32H27NS/c1-23-21-29-28-15-9-10-16-31(28)34-32(29)22-30(23)33(26-13-7-2-3-8-14-26)27-19-17-25(18-20-27)24-11-5-4-6-12-24/h2,4-20,22-23H,3,21H2,1H3. The Kier molecular flexibility index (Phi) is 5.52. The van der Waals surface area contributed by atoms with Gasteiger partial charge in [-0.15, -0.1) is 11.3 Å². The summed E-state index contributed by atoms with van der Waals surface area (Å²) in [7, 11) is 0. The predicted molar refractivity (Wildman–Crippen MR) is 148 cm³/mol. The number of anilines is 1. The van der Waals surface area contributed by atoms with Gasteiger partial charge >= 0.3 is 0 Å². The van der Waals surface area contributed by atoms with Gasteiger partial charge < -0.3 is 4.90 Å². The lowest BCUT2D eigenvalue weighted by atomic mass is 9.89. The molecule has 1 aromatic heterocycles. The van der Waals surface area contributed by atoms with Crippen molar-refractivity contribution in [2.24, 2.45) is 5.92 Å². The van der Waals surface area contributed by atoms with Crippen molar-refractivity contribution in [1.29, 1.82) is 0 Å². The van der Waals surface area contributed by atoms with Crippen LogP contribution in [0.1, 0.15) is 23.8 Å². The van der Waals surface area contributed by atoms with E-state index in [4.69, 9.17) is 0 Å². The highest BCUT2D eigenvalue weighted by Crippen LogP contribution is 2.42. The third kappa shape index (κ3) is 3.85. The summed E-state index contributed by atoms with van der Waals surface area (Å²) in [4.78, 5) is 3.85. The van der Waals surface area contributed by atoms with Gasteiger partial charge in [-0.1, -0.05) is 85.8 Å². The highest BCUT2D eigenvalue weighted by molar-refractivity contribution is 7.20. The number of benzene rings is 3. The maximum Gasteiger partial charge on any atom is 0.0458 e. The van der Waals surface area contributed by atoms with Gasteiger partial charge in [0.1, 0.15) is 0 Å². The first-order valence-electron chi connectivity index (χ1n) is 12.0. The van der Waals surface area contributed by atoms with Crippen LogP contribution in [0, 0.1) is 5.92 Å². The lowest BCUT2D eigenvalue weighted by Crippen LogP contribution is -2.27. The lowest BCUT2D eigenvalue weighted by Gasteiger charge is -2.34. The van der Waals surface area contributed by atoms with Gasteiger partial charge in [0, 0.05) is 32.6 Å². The van der Waals surface area contributed by atoms with Crippen molar-refractivity contribution in [3.05, 3.63) is 131 Å². The Labute approximate surface area is 205 Å². The van der Waals surface area contributed by atoms with E-state index >= 15 is 0 Å². The Morgan fingerprint density at radius 2 is 1.59 bits per heavy atom. The quantitative estimate of drug-likeness (QED) is 0.295. The van der Waals surface area contributed by atoms with Crippen LogP contribution in [0.25, 0.3) is 27.3 Å². The number of thiophene rings is 1. The van der Waals surface area contributed by atoms with Gasteiger partial charge in [-0.25, -0.2) is 0 Å². The maximum absolute atomic E-state index is 2.46. The molecule has 2 aliphatic carbocycles. The predicted octanol–water partition coefficient (Wildman–Crippen LogP) is 9.01. The summed E-state index contributed by atoms with van der Waals surface area (Å²) in [5.41, 5.74) is 7.76. The molecule has 0 amide bonds. The molecule has 1 unspecified atom stereocenters. The monoisotopic (exact) mass is 457 g/mol. The van der Waals surface area contributed by atoms with E-state index in [-0.39, 0.29) is 0 Å². The number of hydrogen-bond acceptors (Lipinski definition) is 2. The van der Waals surface area contributed by atoms with Gasteiger partial charge in [-0.2, -0.15) is 0 Å². The molecule has 0 bridgehead atoms. The average molecular weight is 458 g/mol. The minimum absolute atomic E-state index is 0.417. The number of nitrogens with zero attached hydrogens (tertiary/aromatic N) is 1. The Morgan fingerprint density at radius 1 is 0.824 bits per heavy atom. The van der Waals surface area contributed by atoms with E-state index in [0.717, 1.165) is 12.8 Å². The summed E-state index contributed by atoms with van der Waals surface area (Å²) < 4.78 is 1.38. The Hall–Kier alpha value is -3.62. The zero-order chi connectivity index (χ0) is 22.9. The molecule has 0 fully saturated rings. The van der Waals surface area contributed by atoms with E-state index in [0.29, 0.717) is 5.92 Å². The van der Waals surface area contributed by atoms with E-state index < -0.39 is 0 Å². The van der Waals surface area contributed by atoms with Crippen LogP contribution in [0.2, 0.25) is 0 Å². The molecule has 0 aliphatic heterocycles. The second kappa shape index (κ2) is 8.96. The average Bonchev–Trinajstić information content (AvgIpc) is 3.03. The highest BCUT2D eigenvalue weighted by Gasteiger charge is 2.27. The van der Waals surface area contributed by atoms with Crippen LogP contribution in [0.15, 0.2) is 121 Å². The smallest absolute Gasteiger partial charge is 0.0458 e. The fourth-order valence-electron chi connectivity index (χ4n) is 5.02. The van der Waals surface area contributed by atoms with E-state index in [2.05, 4.69) is 127 Å². The van der Waals surface area contributed by atoms with Crippen molar-refractivity contribution in [3.8, 4) is 11.1 Å². The van der Waals surface area contributed by atoms with Crippen molar-refractivity contribution >= 4 is 33.2 Å². The Bertz CT molecular complexity index is 1450. The molecule has 34 heavy (non-hydrogen) atoms. The first-order chi connectivity index (χ1) is 16.8. The van der Waals surface area contributed by atoms with Crippen LogP contribution < -0.4 is 4.90 Å². The molecule has 1 heterocycles. The third-order valence-corrected chi connectivity index (χ3v) is 7.90. The molecule has 2 aliphatic rings. The minimum atomic E-state index is 0.417. The fourth-order valence-corrected chi connectivity index (χ4v) is 6.20. The molecule has 166 valence electrons. The van der Waals surface area contributed by atoms with Crippen molar-refractivity contribution in [2.75, 3.05) is 4.90 Å². The zero-order valence-corrected chi connectivity index (χ0v) is 20.1. The molecule has 0 spiro atoms. The first kappa shape index (κ1) is 20.9. The van der Waals surface area contributed by atoms with Crippen LogP contribution >= 0.6 is 11.3 Å². The molecular formula is C32H27NS. The number of fused-ring (bicyclic) bond motifs is 3. The maximum atomic E-state index is 2.46. The van der Waals surface area contributed by atoms with E-state index in [1.54, 1.807) is 0 Å². The zero-order valence-electron chi connectivity index (χ0n) is 19.3. The Morgan fingerprint density at radius 3 is 2.44 bits per heavy atom. The van der Waals surface area contributed by atoms with Crippen LogP contribution in [0.4, 0.5) is 5.69 Å². The van der Waals surface area contributed by atoms with Gasteiger partial charge in [-0.05, 0) is 71.3 Å². The molecule has 2 heteroatoms. The second-order valence-electron chi connectivity index (χ2n) is 9.02. The number of allylic oxidation sites excluding steroid dienone is 6. The molecule has 3 aromatic carbocycles. The van der Waals surface area contributed by atoms with Crippen molar-refractivity contribution in [3.63, 3.8) is 0 Å². The number of hydrogen-bond donors (Lipinski definition) is 0. The van der Waals surface area contributed by atoms with Gasteiger partial charge in [-0.3, -0.25) is 0 Å². The molecule has 0 saturated heterocycles. The second-order valence-corrected chi connectivity index (χ2v) is 10.1. The van der Waals surface area contributed by atoms with Crippen LogP contribution in [-0.2, 0) is 6.42 Å². The summed E-state index contributed by atoms with van der Waals surface area (Å²) in [5.74, 6) is 0.417. The van der Waals surface area contributed by atoms with Crippen LogP contribution in [0.5, 0.6) is 0 Å². The molecule has 0 radical (unpaired) electrons. The third-order valence-electron chi connectivity index (χ3n) is 6.74. The summed E-state index contributed by atoms with van der Waals surface area (Å²) >= 11 is 1.91. The van der Waals surface area contributed by atoms with Gasteiger partial charge in [0.05, 0.1) is 0 Å². The van der Waals surface area contributed by atoms with E-state index in [1.165, 1.54) is 48.7 Å². The van der Waals surface area contributed by atoms with Crippen molar-refractivity contribution < 1.29 is 0 Å². The number of rotatable bonds is 4. The molecule has 0 saturated carbocycles. The van der Waals surface area contributed by atoms with Crippen LogP contribution in [-0.4, -0.2) is 0 Å². The molecule has 4 aromatic rings. The summed E-state index contributed by atoms with van der Waals surface area (Å²) in [5, 5.41) is 1.42. The topological polar surface area (TPSA) is 3.24 Å². The Balaban J connectivity index is 1.47. The van der Waals surface area contributed by atoms with E-state index in [9.17, 15) is 0 Å². The molecule has 6 rings (SSSR count). The SMILES string of the molecule is CC1Cc2c(sc3ccccc23)C=C1N(C1=CC=CCC=C1)c1ccc(-c2ccccc2)cc1. The molecular weight excluding hydrogens is 430 g/mol. The summed E-state index contributed by atoms with van der Waals surface area (Å²) in [6.45, 7) is 2.36. The van der Waals surface area contributed by atoms with Gasteiger partial charge in [0.2, 0.25) is 0 Å². The van der Waals surface area contributed by atoms with Crippen LogP contribution in [0.3, 0.4) is 0 Å². The van der Waals surface area contributed by atoms with E-state index in [1.807, 2.05) is 11.3 Å². The van der Waals surface area contributed by atoms with Crippen molar-refractivity contribution in [2.45, 2.75) is 19.8 Å². The highest BCUT2D eigenvalue weighted by atomic mass is 32.1. The summed E-state index contributed by atoms with van der Waals surface area (Å²) in [6.07, 6.45) is 15.6. The molecule has 1 nitrogen and oxygen atoms in total. The molecule has 0 N–H and O–H groups in total. The van der Waals surface area contributed by atoms with Crippen molar-refractivity contribution in [1.82, 2.24) is 0 Å². The fraction of sp³-hybridized carbons (Fsp3) is 0.125. The lowest BCUT2D eigenvalue weighted by molar-refractivity contribution is 0.658. The molecule has 1 atom stereocenters. The largest absolute Gasteiger partial charge is 0.314 e. The van der Waals surface area contributed by atoms with Gasteiger partial charge in [0.25, 0.3) is 0 Å². The first-order valence-corrected chi connectivity index (χ1v) is 12.8. The minimum Gasteiger partial charge on any atom is -0.314 e. The summed E-state index contributed by atoms with van der Waals surface area (Å²) in [6, 6.07) is 28.4. The van der Waals surface area contributed by atoms with Gasteiger partial charge in [0.15, 0.2) is 0 Å².